The van der Waals surface area contributed by atoms with E-state index in [-0.39, 0.29) is 6.10 Å². The minimum absolute atomic E-state index is 0.0947. The fraction of sp³-hybridized carbons (Fsp3) is 0.474. The quantitative estimate of drug-likeness (QED) is 0.812. The highest BCUT2D eigenvalue weighted by atomic mass is 16.5. The molecule has 24 heavy (non-hydrogen) atoms. The van der Waals surface area contributed by atoms with E-state index in [0.717, 1.165) is 44.1 Å². The van der Waals surface area contributed by atoms with E-state index in [0.29, 0.717) is 11.8 Å². The zero-order valence-corrected chi connectivity index (χ0v) is 14.4. The van der Waals surface area contributed by atoms with E-state index in [9.17, 15) is 0 Å². The molecule has 0 spiro atoms. The third-order valence-corrected chi connectivity index (χ3v) is 4.14. The smallest absolute Gasteiger partial charge is 0.257 e. The van der Waals surface area contributed by atoms with Gasteiger partial charge in [0.1, 0.15) is 5.75 Å². The standard InChI is InChI=1S/C19H25N3O2/c1-15(2)24-19-18(20-10-11-21-19)22-12-8-16(9-13-22)14-23-17-6-4-3-5-7-17/h3-7,10-11,15-16H,8-9,12-14H2,1-2H3. The summed E-state index contributed by atoms with van der Waals surface area (Å²) in [6.07, 6.45) is 5.68. The van der Waals surface area contributed by atoms with Crippen molar-refractivity contribution in [3.05, 3.63) is 42.7 Å². The SMILES string of the molecule is CC(C)Oc1nccnc1N1CCC(COc2ccccc2)CC1. The Labute approximate surface area is 143 Å². The van der Waals surface area contributed by atoms with Crippen LogP contribution in [-0.4, -0.2) is 35.8 Å². The molecule has 3 rings (SSSR count). The molecule has 1 saturated heterocycles. The van der Waals surface area contributed by atoms with Crippen LogP contribution in [0.3, 0.4) is 0 Å². The lowest BCUT2D eigenvalue weighted by Crippen LogP contribution is -2.36. The minimum Gasteiger partial charge on any atom is -0.493 e. The van der Waals surface area contributed by atoms with Crippen molar-refractivity contribution in [2.24, 2.45) is 5.92 Å². The third-order valence-electron chi connectivity index (χ3n) is 4.14. The van der Waals surface area contributed by atoms with E-state index in [1.165, 1.54) is 0 Å². The molecule has 1 aliphatic heterocycles. The van der Waals surface area contributed by atoms with E-state index < -0.39 is 0 Å². The first-order valence-electron chi connectivity index (χ1n) is 8.63. The summed E-state index contributed by atoms with van der Waals surface area (Å²) in [5.74, 6) is 3.01. The first kappa shape index (κ1) is 16.6. The van der Waals surface area contributed by atoms with Gasteiger partial charge in [0, 0.05) is 25.5 Å². The first-order chi connectivity index (χ1) is 11.7. The molecule has 0 unspecified atom stereocenters. The van der Waals surface area contributed by atoms with Crippen molar-refractivity contribution in [1.82, 2.24) is 9.97 Å². The maximum absolute atomic E-state index is 5.89. The predicted octanol–water partition coefficient (Wildman–Crippen LogP) is 3.56. The molecular weight excluding hydrogens is 302 g/mol. The molecule has 2 aromatic rings. The Morgan fingerprint density at radius 1 is 1.08 bits per heavy atom. The van der Waals surface area contributed by atoms with Crippen molar-refractivity contribution in [2.45, 2.75) is 32.8 Å². The first-order valence-corrected chi connectivity index (χ1v) is 8.63. The monoisotopic (exact) mass is 327 g/mol. The van der Waals surface area contributed by atoms with Gasteiger partial charge in [0.05, 0.1) is 12.7 Å². The Bertz CT molecular complexity index is 626. The second-order valence-corrected chi connectivity index (χ2v) is 6.41. The van der Waals surface area contributed by atoms with Gasteiger partial charge in [-0.25, -0.2) is 9.97 Å². The molecule has 128 valence electrons. The number of aromatic nitrogens is 2. The van der Waals surface area contributed by atoms with Gasteiger partial charge in [-0.2, -0.15) is 0 Å². The number of anilines is 1. The average molecular weight is 327 g/mol. The van der Waals surface area contributed by atoms with Gasteiger partial charge >= 0.3 is 0 Å². The lowest BCUT2D eigenvalue weighted by Gasteiger charge is -2.33. The summed E-state index contributed by atoms with van der Waals surface area (Å²) in [6.45, 7) is 6.69. The number of ether oxygens (including phenoxy) is 2. The Morgan fingerprint density at radius 2 is 1.79 bits per heavy atom. The number of benzene rings is 1. The normalized spacial score (nSPS) is 15.5. The summed E-state index contributed by atoms with van der Waals surface area (Å²) in [5, 5.41) is 0. The highest BCUT2D eigenvalue weighted by Crippen LogP contribution is 2.28. The fourth-order valence-electron chi connectivity index (χ4n) is 2.88. The van der Waals surface area contributed by atoms with Crippen LogP contribution in [0.2, 0.25) is 0 Å². The van der Waals surface area contributed by atoms with Crippen molar-refractivity contribution in [1.29, 1.82) is 0 Å². The van der Waals surface area contributed by atoms with Crippen LogP contribution in [0.5, 0.6) is 11.6 Å². The van der Waals surface area contributed by atoms with Crippen LogP contribution in [0.4, 0.5) is 5.82 Å². The van der Waals surface area contributed by atoms with Gasteiger partial charge in [0.15, 0.2) is 5.82 Å². The van der Waals surface area contributed by atoms with Crippen LogP contribution in [0, 0.1) is 5.92 Å². The maximum Gasteiger partial charge on any atom is 0.257 e. The Balaban J connectivity index is 1.54. The molecule has 1 aliphatic rings. The molecule has 1 aromatic carbocycles. The largest absolute Gasteiger partial charge is 0.493 e. The summed E-state index contributed by atoms with van der Waals surface area (Å²) in [5.41, 5.74) is 0. The van der Waals surface area contributed by atoms with Gasteiger partial charge in [0.25, 0.3) is 5.88 Å². The number of nitrogens with zero attached hydrogens (tertiary/aromatic N) is 3. The molecule has 5 heteroatoms. The lowest BCUT2D eigenvalue weighted by atomic mass is 9.98. The second-order valence-electron chi connectivity index (χ2n) is 6.41. The number of rotatable bonds is 6. The molecule has 1 fully saturated rings. The minimum atomic E-state index is 0.0947. The molecule has 2 heterocycles. The number of piperidine rings is 1. The van der Waals surface area contributed by atoms with Gasteiger partial charge in [-0.1, -0.05) is 18.2 Å². The van der Waals surface area contributed by atoms with E-state index in [4.69, 9.17) is 9.47 Å². The highest BCUT2D eigenvalue weighted by molar-refractivity contribution is 5.48. The van der Waals surface area contributed by atoms with Crippen molar-refractivity contribution in [2.75, 3.05) is 24.6 Å². The van der Waals surface area contributed by atoms with E-state index in [1.807, 2.05) is 44.2 Å². The number of para-hydroxylation sites is 1. The van der Waals surface area contributed by atoms with Crippen LogP contribution >= 0.6 is 0 Å². The predicted molar refractivity (Wildman–Crippen MR) is 94.7 cm³/mol. The van der Waals surface area contributed by atoms with Crippen molar-refractivity contribution < 1.29 is 9.47 Å². The topological polar surface area (TPSA) is 47.5 Å². The number of hydrogen-bond donors (Lipinski definition) is 0. The molecule has 0 aliphatic carbocycles. The zero-order chi connectivity index (χ0) is 16.8. The summed E-state index contributed by atoms with van der Waals surface area (Å²) in [7, 11) is 0. The van der Waals surface area contributed by atoms with Gasteiger partial charge in [-0.15, -0.1) is 0 Å². The Kier molecular flexibility index (Phi) is 5.51. The molecular formula is C19H25N3O2. The Hall–Kier alpha value is -2.30. The van der Waals surface area contributed by atoms with Gasteiger partial charge in [0.2, 0.25) is 0 Å². The van der Waals surface area contributed by atoms with Crippen LogP contribution in [0.15, 0.2) is 42.7 Å². The van der Waals surface area contributed by atoms with E-state index >= 15 is 0 Å². The Morgan fingerprint density at radius 3 is 2.50 bits per heavy atom. The van der Waals surface area contributed by atoms with E-state index in [2.05, 4.69) is 14.9 Å². The summed E-state index contributed by atoms with van der Waals surface area (Å²) >= 11 is 0. The highest BCUT2D eigenvalue weighted by Gasteiger charge is 2.23. The van der Waals surface area contributed by atoms with Crippen molar-refractivity contribution >= 4 is 5.82 Å². The second kappa shape index (κ2) is 7.99. The van der Waals surface area contributed by atoms with Crippen LogP contribution < -0.4 is 14.4 Å². The van der Waals surface area contributed by atoms with Crippen molar-refractivity contribution in [3.63, 3.8) is 0 Å². The summed E-state index contributed by atoms with van der Waals surface area (Å²) < 4.78 is 11.7. The summed E-state index contributed by atoms with van der Waals surface area (Å²) in [6, 6.07) is 10.0. The summed E-state index contributed by atoms with van der Waals surface area (Å²) in [4.78, 5) is 11.1. The molecule has 0 radical (unpaired) electrons. The molecule has 1 aromatic heterocycles. The maximum atomic E-state index is 5.89. The molecule has 0 saturated carbocycles. The van der Waals surface area contributed by atoms with Gasteiger partial charge in [-0.05, 0) is 44.7 Å². The molecule has 5 nitrogen and oxygen atoms in total. The average Bonchev–Trinajstić information content (AvgIpc) is 2.61. The lowest BCUT2D eigenvalue weighted by molar-refractivity contribution is 0.218. The van der Waals surface area contributed by atoms with Crippen LogP contribution in [0.25, 0.3) is 0 Å². The molecule has 0 amide bonds. The zero-order valence-electron chi connectivity index (χ0n) is 14.4. The number of hydrogen-bond acceptors (Lipinski definition) is 5. The van der Waals surface area contributed by atoms with E-state index in [1.54, 1.807) is 12.4 Å². The van der Waals surface area contributed by atoms with Gasteiger partial charge in [-0.3, -0.25) is 0 Å². The van der Waals surface area contributed by atoms with Crippen LogP contribution in [0.1, 0.15) is 26.7 Å². The van der Waals surface area contributed by atoms with Crippen molar-refractivity contribution in [3.8, 4) is 11.6 Å². The molecule has 0 bridgehead atoms. The molecule has 0 atom stereocenters. The molecule has 0 N–H and O–H groups in total. The van der Waals surface area contributed by atoms with Crippen LogP contribution in [-0.2, 0) is 0 Å². The fourth-order valence-corrected chi connectivity index (χ4v) is 2.88. The third kappa shape index (κ3) is 4.37. The van der Waals surface area contributed by atoms with Gasteiger partial charge < -0.3 is 14.4 Å².